The van der Waals surface area contributed by atoms with Crippen molar-refractivity contribution in [2.75, 3.05) is 5.32 Å². The molecule has 1 unspecified atom stereocenters. The Labute approximate surface area is 127 Å². The average Bonchev–Trinajstić information content (AvgIpc) is 2.30. The van der Waals surface area contributed by atoms with Crippen LogP contribution in [0.2, 0.25) is 0 Å². The van der Waals surface area contributed by atoms with Crippen molar-refractivity contribution in [3.8, 4) is 0 Å². The summed E-state index contributed by atoms with van der Waals surface area (Å²) in [6, 6.07) is 3.98. The zero-order valence-electron chi connectivity index (χ0n) is 11.1. The van der Waals surface area contributed by atoms with Crippen molar-refractivity contribution in [1.82, 2.24) is 0 Å². The topological polar surface area (TPSA) is 115 Å². The molecule has 0 spiro atoms. The van der Waals surface area contributed by atoms with Crippen molar-refractivity contribution < 1.29 is 13.2 Å². The Morgan fingerprint density at radius 2 is 2.10 bits per heavy atom. The molecular weight excluding hydrogens is 346 g/mol. The number of carbonyl (C=O) groups excluding carboxylic acids is 1. The van der Waals surface area contributed by atoms with Gasteiger partial charge in [0.2, 0.25) is 15.9 Å². The number of sulfonamides is 1. The van der Waals surface area contributed by atoms with E-state index in [0.717, 1.165) is 12.8 Å². The van der Waals surface area contributed by atoms with Crippen LogP contribution in [0.4, 0.5) is 5.69 Å². The molecule has 0 radical (unpaired) electrons. The quantitative estimate of drug-likeness (QED) is 0.710. The first-order valence-electron chi connectivity index (χ1n) is 6.11. The van der Waals surface area contributed by atoms with E-state index in [2.05, 4.69) is 21.2 Å². The molecule has 0 fully saturated rings. The smallest absolute Gasteiger partial charge is 0.238 e. The number of anilines is 1. The summed E-state index contributed by atoms with van der Waals surface area (Å²) in [5, 5.41) is 7.70. The zero-order valence-corrected chi connectivity index (χ0v) is 13.5. The number of carbonyl (C=O) groups is 1. The number of rotatable bonds is 6. The largest absolute Gasteiger partial charge is 0.327 e. The van der Waals surface area contributed by atoms with Gasteiger partial charge in [0.15, 0.2) is 0 Å². The van der Waals surface area contributed by atoms with Gasteiger partial charge < -0.3 is 11.1 Å². The van der Waals surface area contributed by atoms with E-state index in [4.69, 9.17) is 10.9 Å². The van der Waals surface area contributed by atoms with Crippen molar-refractivity contribution in [2.45, 2.75) is 37.1 Å². The molecule has 8 heteroatoms. The molecule has 0 bridgehead atoms. The molecule has 0 saturated carbocycles. The average molecular weight is 364 g/mol. The van der Waals surface area contributed by atoms with Gasteiger partial charge in [0.25, 0.3) is 0 Å². The van der Waals surface area contributed by atoms with Crippen LogP contribution < -0.4 is 16.2 Å². The van der Waals surface area contributed by atoms with Gasteiger partial charge in [0.05, 0.1) is 10.6 Å². The van der Waals surface area contributed by atoms with Crippen LogP contribution in [-0.4, -0.2) is 20.4 Å². The van der Waals surface area contributed by atoms with Gasteiger partial charge in [-0.05, 0) is 40.5 Å². The van der Waals surface area contributed by atoms with E-state index in [1.165, 1.54) is 18.2 Å². The highest BCUT2D eigenvalue weighted by molar-refractivity contribution is 9.10. The Bertz CT molecular complexity index is 590. The number of amides is 1. The number of hydrogen-bond acceptors (Lipinski definition) is 4. The van der Waals surface area contributed by atoms with Crippen molar-refractivity contribution in [3.05, 3.63) is 22.7 Å². The molecule has 6 nitrogen and oxygen atoms in total. The molecule has 0 heterocycles. The van der Waals surface area contributed by atoms with E-state index in [9.17, 15) is 13.2 Å². The Kier molecular flexibility index (Phi) is 6.12. The molecule has 20 heavy (non-hydrogen) atoms. The number of primary sulfonamides is 1. The molecule has 0 aliphatic rings. The number of nitrogens with one attached hydrogen (secondary N) is 1. The van der Waals surface area contributed by atoms with Gasteiger partial charge in [-0.15, -0.1) is 0 Å². The second-order valence-corrected chi connectivity index (χ2v) is 6.90. The van der Waals surface area contributed by atoms with Gasteiger partial charge in [0.1, 0.15) is 0 Å². The molecule has 1 aromatic rings. The van der Waals surface area contributed by atoms with E-state index < -0.39 is 10.0 Å². The molecule has 1 rings (SSSR count). The standard InChI is InChI=1S/C12H18BrN3O3S/c1-2-3-8(14)6-12(17)16-11-5-4-9(7-10(11)13)20(15,18)19/h4-5,7-8H,2-3,6,14H2,1H3,(H,16,17)(H2,15,18,19). The van der Waals surface area contributed by atoms with E-state index in [-0.39, 0.29) is 23.3 Å². The molecule has 112 valence electrons. The van der Waals surface area contributed by atoms with Crippen molar-refractivity contribution in [1.29, 1.82) is 0 Å². The molecular formula is C12H18BrN3O3S. The highest BCUT2D eigenvalue weighted by atomic mass is 79.9. The normalized spacial score (nSPS) is 13.0. The number of hydrogen-bond donors (Lipinski definition) is 3. The van der Waals surface area contributed by atoms with Crippen LogP contribution in [0.3, 0.4) is 0 Å². The van der Waals surface area contributed by atoms with Crippen LogP contribution in [-0.2, 0) is 14.8 Å². The van der Waals surface area contributed by atoms with Crippen molar-refractivity contribution in [3.63, 3.8) is 0 Å². The lowest BCUT2D eigenvalue weighted by molar-refractivity contribution is -0.116. The monoisotopic (exact) mass is 363 g/mol. The fourth-order valence-electron chi connectivity index (χ4n) is 1.69. The van der Waals surface area contributed by atoms with Crippen LogP contribution in [0.15, 0.2) is 27.6 Å². The predicted molar refractivity (Wildman–Crippen MR) is 81.6 cm³/mol. The molecule has 1 amide bonds. The molecule has 0 saturated heterocycles. The van der Waals surface area contributed by atoms with E-state index >= 15 is 0 Å². The lowest BCUT2D eigenvalue weighted by Crippen LogP contribution is -2.27. The summed E-state index contributed by atoms with van der Waals surface area (Å²) in [7, 11) is -3.76. The first-order valence-corrected chi connectivity index (χ1v) is 8.45. The summed E-state index contributed by atoms with van der Waals surface area (Å²) < 4.78 is 22.8. The van der Waals surface area contributed by atoms with Crippen molar-refractivity contribution >= 4 is 37.5 Å². The van der Waals surface area contributed by atoms with Gasteiger partial charge in [-0.2, -0.15) is 0 Å². The summed E-state index contributed by atoms with van der Waals surface area (Å²) >= 11 is 3.20. The van der Waals surface area contributed by atoms with E-state index in [0.29, 0.717) is 10.2 Å². The third-order valence-corrected chi connectivity index (χ3v) is 4.22. The van der Waals surface area contributed by atoms with Gasteiger partial charge in [-0.3, -0.25) is 4.79 Å². The van der Waals surface area contributed by atoms with Crippen molar-refractivity contribution in [2.24, 2.45) is 10.9 Å². The summed E-state index contributed by atoms with van der Waals surface area (Å²) in [6.07, 6.45) is 1.91. The number of benzene rings is 1. The van der Waals surface area contributed by atoms with Crippen LogP contribution in [0, 0.1) is 0 Å². The second-order valence-electron chi connectivity index (χ2n) is 4.49. The third kappa shape index (κ3) is 5.20. The lowest BCUT2D eigenvalue weighted by atomic mass is 10.1. The highest BCUT2D eigenvalue weighted by Gasteiger charge is 2.13. The van der Waals surface area contributed by atoms with Gasteiger partial charge in [0, 0.05) is 16.9 Å². The Morgan fingerprint density at radius 3 is 2.60 bits per heavy atom. The SMILES string of the molecule is CCCC(N)CC(=O)Nc1ccc(S(N)(=O)=O)cc1Br. The maximum atomic E-state index is 11.8. The molecule has 0 aliphatic heterocycles. The molecule has 5 N–H and O–H groups in total. The summed E-state index contributed by atoms with van der Waals surface area (Å²) in [5.74, 6) is -0.213. The lowest BCUT2D eigenvalue weighted by Gasteiger charge is -2.12. The molecule has 0 aliphatic carbocycles. The third-order valence-electron chi connectivity index (χ3n) is 2.65. The molecule has 1 aromatic carbocycles. The molecule has 1 atom stereocenters. The first-order chi connectivity index (χ1) is 9.24. The van der Waals surface area contributed by atoms with Gasteiger partial charge in [-0.1, -0.05) is 13.3 Å². The van der Waals surface area contributed by atoms with E-state index in [1.807, 2.05) is 6.92 Å². The summed E-state index contributed by atoms with van der Waals surface area (Å²) in [5.41, 5.74) is 6.27. The predicted octanol–water partition coefficient (Wildman–Crippen LogP) is 1.55. The van der Waals surface area contributed by atoms with Gasteiger partial charge >= 0.3 is 0 Å². The zero-order chi connectivity index (χ0) is 15.3. The minimum atomic E-state index is -3.76. The first kappa shape index (κ1) is 17.1. The fourth-order valence-corrected chi connectivity index (χ4v) is 2.86. The molecule has 0 aromatic heterocycles. The van der Waals surface area contributed by atoms with Crippen LogP contribution in [0.1, 0.15) is 26.2 Å². The van der Waals surface area contributed by atoms with Crippen LogP contribution in [0.25, 0.3) is 0 Å². The summed E-state index contributed by atoms with van der Waals surface area (Å²) in [6.45, 7) is 2.00. The Balaban J connectivity index is 2.77. The van der Waals surface area contributed by atoms with Crippen LogP contribution in [0.5, 0.6) is 0 Å². The fraction of sp³-hybridized carbons (Fsp3) is 0.417. The minimum absolute atomic E-state index is 0.0231. The maximum Gasteiger partial charge on any atom is 0.238 e. The summed E-state index contributed by atoms with van der Waals surface area (Å²) in [4.78, 5) is 11.8. The van der Waals surface area contributed by atoms with E-state index in [1.54, 1.807) is 0 Å². The Morgan fingerprint density at radius 1 is 1.45 bits per heavy atom. The number of halogens is 1. The number of nitrogens with two attached hydrogens (primary N) is 2. The Hall–Kier alpha value is -0.960. The highest BCUT2D eigenvalue weighted by Crippen LogP contribution is 2.25. The van der Waals surface area contributed by atoms with Crippen LogP contribution >= 0.6 is 15.9 Å². The van der Waals surface area contributed by atoms with Gasteiger partial charge in [-0.25, -0.2) is 13.6 Å². The minimum Gasteiger partial charge on any atom is -0.327 e. The second kappa shape index (κ2) is 7.16. The maximum absolute atomic E-state index is 11.8.